The smallest absolute Gasteiger partial charge is 0.261 e. The second kappa shape index (κ2) is 6.60. The first kappa shape index (κ1) is 18.7. The van der Waals surface area contributed by atoms with Crippen molar-refractivity contribution in [3.05, 3.63) is 59.2 Å². The molecule has 2 aromatic carbocycles. The molecule has 3 rings (SSSR count). The molecule has 0 atom stereocenters. The van der Waals surface area contributed by atoms with Gasteiger partial charge in [-0.05, 0) is 30.3 Å². The van der Waals surface area contributed by atoms with Crippen LogP contribution in [0.4, 0.5) is 5.69 Å². The lowest BCUT2D eigenvalue weighted by atomic mass is 10.1. The molecular weight excluding hydrogens is 370 g/mol. The summed E-state index contributed by atoms with van der Waals surface area (Å²) in [4.78, 5) is 37.6. The van der Waals surface area contributed by atoms with Gasteiger partial charge in [-0.3, -0.25) is 19.3 Å². The van der Waals surface area contributed by atoms with Crippen molar-refractivity contribution in [1.29, 1.82) is 0 Å². The number of para-hydroxylation sites is 1. The number of anilines is 1. The number of imide groups is 1. The highest BCUT2D eigenvalue weighted by Crippen LogP contribution is 2.26. The predicted octanol–water partition coefficient (Wildman–Crippen LogP) is 1.42. The van der Waals surface area contributed by atoms with Crippen LogP contribution in [0.3, 0.4) is 0 Å². The fraction of sp³-hybridized carbons (Fsp3) is 0.167. The average molecular weight is 387 g/mol. The zero-order valence-corrected chi connectivity index (χ0v) is 15.7. The quantitative estimate of drug-likeness (QED) is 0.799. The van der Waals surface area contributed by atoms with Gasteiger partial charge in [-0.1, -0.05) is 12.1 Å². The third-order valence-electron chi connectivity index (χ3n) is 4.25. The number of carbonyl (C=O) groups is 3. The Bertz CT molecular complexity index is 1080. The molecule has 1 aliphatic rings. The van der Waals surface area contributed by atoms with E-state index >= 15 is 0 Å². The maximum atomic E-state index is 12.6. The molecule has 0 aliphatic carbocycles. The molecule has 0 fully saturated rings. The van der Waals surface area contributed by atoms with Crippen LogP contribution in [-0.4, -0.2) is 56.5 Å². The van der Waals surface area contributed by atoms with Gasteiger partial charge in [0.15, 0.2) is 0 Å². The van der Waals surface area contributed by atoms with E-state index in [1.54, 1.807) is 12.1 Å². The molecule has 140 valence electrons. The number of hydrogen-bond donors (Lipinski definition) is 1. The Labute approximate surface area is 156 Å². The monoisotopic (exact) mass is 387 g/mol. The minimum absolute atomic E-state index is 0.0458. The number of fused-ring (bicyclic) bond motifs is 1. The van der Waals surface area contributed by atoms with Crippen LogP contribution in [0.5, 0.6) is 0 Å². The summed E-state index contributed by atoms with van der Waals surface area (Å²) in [6, 6.07) is 10.2. The molecule has 0 radical (unpaired) electrons. The normalized spacial score (nSPS) is 13.9. The zero-order valence-electron chi connectivity index (χ0n) is 14.9. The van der Waals surface area contributed by atoms with Crippen LogP contribution in [0.15, 0.2) is 47.4 Å². The Kier molecular flexibility index (Phi) is 4.58. The largest absolute Gasteiger partial charge is 0.321 e. The van der Waals surface area contributed by atoms with E-state index in [4.69, 9.17) is 0 Å². The summed E-state index contributed by atoms with van der Waals surface area (Å²) in [6.45, 7) is 0. The van der Waals surface area contributed by atoms with Crippen LogP contribution >= 0.6 is 0 Å². The predicted molar refractivity (Wildman–Crippen MR) is 98.1 cm³/mol. The SMILES string of the molecule is CN1C(=O)c2ccc(C(=O)Nc3ccccc3S(=O)(=O)N(C)C)cc2C1=O. The Morgan fingerprint density at radius 2 is 1.63 bits per heavy atom. The number of carbonyl (C=O) groups excluding carboxylic acids is 3. The molecule has 0 saturated carbocycles. The standard InChI is InChI=1S/C18H17N3O5S/c1-20(2)27(25,26)15-7-5-4-6-14(15)19-16(22)11-8-9-12-13(10-11)18(24)21(3)17(12)23/h4-10H,1-3H3,(H,19,22). The molecule has 0 unspecified atom stereocenters. The Hall–Kier alpha value is -3.04. The van der Waals surface area contributed by atoms with E-state index in [0.717, 1.165) is 9.21 Å². The van der Waals surface area contributed by atoms with Gasteiger partial charge in [0.2, 0.25) is 10.0 Å². The van der Waals surface area contributed by atoms with E-state index in [1.807, 2.05) is 0 Å². The molecule has 1 heterocycles. The molecule has 0 aromatic heterocycles. The topological polar surface area (TPSA) is 104 Å². The number of rotatable bonds is 4. The number of nitrogens with zero attached hydrogens (tertiary/aromatic N) is 2. The van der Waals surface area contributed by atoms with Gasteiger partial charge in [0, 0.05) is 26.7 Å². The minimum Gasteiger partial charge on any atom is -0.321 e. The fourth-order valence-electron chi connectivity index (χ4n) is 2.69. The van der Waals surface area contributed by atoms with E-state index in [0.29, 0.717) is 0 Å². The highest BCUT2D eigenvalue weighted by Gasteiger charge is 2.33. The average Bonchev–Trinajstić information content (AvgIpc) is 2.86. The number of benzene rings is 2. The maximum Gasteiger partial charge on any atom is 0.261 e. The van der Waals surface area contributed by atoms with Gasteiger partial charge in [-0.25, -0.2) is 12.7 Å². The highest BCUT2D eigenvalue weighted by atomic mass is 32.2. The van der Waals surface area contributed by atoms with Crippen molar-refractivity contribution < 1.29 is 22.8 Å². The van der Waals surface area contributed by atoms with Gasteiger partial charge in [0.25, 0.3) is 17.7 Å². The highest BCUT2D eigenvalue weighted by molar-refractivity contribution is 7.89. The van der Waals surface area contributed by atoms with E-state index in [-0.39, 0.29) is 27.3 Å². The van der Waals surface area contributed by atoms with Crippen molar-refractivity contribution in [1.82, 2.24) is 9.21 Å². The van der Waals surface area contributed by atoms with Gasteiger partial charge < -0.3 is 5.32 Å². The molecule has 0 saturated heterocycles. The summed E-state index contributed by atoms with van der Waals surface area (Å²) in [7, 11) is 0.406. The molecule has 1 aliphatic heterocycles. The first-order valence-electron chi connectivity index (χ1n) is 7.94. The van der Waals surface area contributed by atoms with Crippen molar-refractivity contribution >= 4 is 33.4 Å². The Morgan fingerprint density at radius 1 is 1.00 bits per heavy atom. The van der Waals surface area contributed by atoms with Crippen molar-refractivity contribution in [2.45, 2.75) is 4.90 Å². The zero-order chi connectivity index (χ0) is 19.9. The van der Waals surface area contributed by atoms with Crippen LogP contribution in [0, 0.1) is 0 Å². The maximum absolute atomic E-state index is 12.6. The van der Waals surface area contributed by atoms with E-state index in [2.05, 4.69) is 5.32 Å². The molecule has 0 spiro atoms. The summed E-state index contributed by atoms with van der Waals surface area (Å²) < 4.78 is 25.9. The molecule has 2 aromatic rings. The number of hydrogen-bond acceptors (Lipinski definition) is 5. The third-order valence-corrected chi connectivity index (χ3v) is 6.12. The van der Waals surface area contributed by atoms with Crippen LogP contribution in [0.25, 0.3) is 0 Å². The number of nitrogens with one attached hydrogen (secondary N) is 1. The van der Waals surface area contributed by atoms with Gasteiger partial charge >= 0.3 is 0 Å². The van der Waals surface area contributed by atoms with E-state index in [9.17, 15) is 22.8 Å². The summed E-state index contributed by atoms with van der Waals surface area (Å²) >= 11 is 0. The molecule has 8 nitrogen and oxygen atoms in total. The first-order chi connectivity index (χ1) is 12.6. The minimum atomic E-state index is -3.76. The van der Waals surface area contributed by atoms with Crippen molar-refractivity contribution in [2.75, 3.05) is 26.5 Å². The number of sulfonamides is 1. The lowest BCUT2D eigenvalue weighted by molar-refractivity contribution is 0.0693. The van der Waals surface area contributed by atoms with Crippen molar-refractivity contribution in [2.24, 2.45) is 0 Å². The molecule has 9 heteroatoms. The van der Waals surface area contributed by atoms with Gasteiger partial charge in [0.05, 0.1) is 16.8 Å². The fourth-order valence-corrected chi connectivity index (χ4v) is 3.73. The molecule has 0 bridgehead atoms. The first-order valence-corrected chi connectivity index (χ1v) is 9.38. The van der Waals surface area contributed by atoms with Crippen LogP contribution in [-0.2, 0) is 10.0 Å². The second-order valence-electron chi connectivity index (χ2n) is 6.17. The lowest BCUT2D eigenvalue weighted by Crippen LogP contribution is -2.24. The molecule has 1 N–H and O–H groups in total. The van der Waals surface area contributed by atoms with Gasteiger partial charge in [-0.15, -0.1) is 0 Å². The van der Waals surface area contributed by atoms with Gasteiger partial charge in [-0.2, -0.15) is 0 Å². The van der Waals surface area contributed by atoms with E-state index in [1.165, 1.54) is 51.5 Å². The second-order valence-corrected chi connectivity index (χ2v) is 8.29. The summed E-state index contributed by atoms with van der Waals surface area (Å²) in [5.41, 5.74) is 0.637. The van der Waals surface area contributed by atoms with Crippen LogP contribution < -0.4 is 5.32 Å². The van der Waals surface area contributed by atoms with Gasteiger partial charge in [0.1, 0.15) is 4.90 Å². The van der Waals surface area contributed by atoms with Crippen molar-refractivity contribution in [3.8, 4) is 0 Å². The summed E-state index contributed by atoms with van der Waals surface area (Å²) in [5.74, 6) is -1.50. The third kappa shape index (κ3) is 3.11. The van der Waals surface area contributed by atoms with Crippen LogP contribution in [0.2, 0.25) is 0 Å². The molecular formula is C18H17N3O5S. The van der Waals surface area contributed by atoms with Crippen molar-refractivity contribution in [3.63, 3.8) is 0 Å². The lowest BCUT2D eigenvalue weighted by Gasteiger charge is -2.15. The molecule has 3 amide bonds. The summed E-state index contributed by atoms with van der Waals surface area (Å²) in [6.07, 6.45) is 0. The molecule has 27 heavy (non-hydrogen) atoms. The Balaban J connectivity index is 1.95. The van der Waals surface area contributed by atoms with E-state index < -0.39 is 27.7 Å². The number of amides is 3. The Morgan fingerprint density at radius 3 is 2.30 bits per heavy atom. The summed E-state index contributed by atoms with van der Waals surface area (Å²) in [5, 5.41) is 2.56. The van der Waals surface area contributed by atoms with Crippen LogP contribution in [0.1, 0.15) is 31.1 Å².